The molecule has 0 atom stereocenters. The predicted octanol–water partition coefficient (Wildman–Crippen LogP) is 15.7. The first kappa shape index (κ1) is 44.3. The van der Waals surface area contributed by atoms with Crippen molar-refractivity contribution in [3.05, 3.63) is 151 Å². The number of rotatable bonds is 12. The molecule has 2 heterocycles. The molecule has 0 spiro atoms. The third-order valence-corrected chi connectivity index (χ3v) is 13.3. The van der Waals surface area contributed by atoms with Gasteiger partial charge in [0.1, 0.15) is 0 Å². The number of hydrogen-bond donors (Lipinski definition) is 0. The van der Waals surface area contributed by atoms with Crippen LogP contribution in [-0.4, -0.2) is 18.3 Å². The van der Waals surface area contributed by atoms with Crippen LogP contribution in [0.2, 0.25) is 0 Å². The fourth-order valence-corrected chi connectivity index (χ4v) is 10.2. The van der Waals surface area contributed by atoms with E-state index in [2.05, 4.69) is 227 Å². The first-order chi connectivity index (χ1) is 28.0. The summed E-state index contributed by atoms with van der Waals surface area (Å²) >= 11 is 1.60. The molecule has 4 nitrogen and oxygen atoms in total. The molecule has 0 aliphatic heterocycles. The van der Waals surface area contributed by atoms with E-state index in [0.29, 0.717) is 47.3 Å². The molecular weight excluding hydrogens is 763 g/mol. The standard InChI is InChI=1S/2C27H36N2.Ni/c2*1-18(2)22-11-9-12-23(19(3)4)26(22)28-15-16-29(17-28)27-24(20(5)6)13-10-14-25(27)21(7)8;/h2*9-16,18-21H,1-8H3;. The molecule has 0 aliphatic rings. The number of aromatic nitrogens is 4. The zero-order chi connectivity index (χ0) is 43.0. The fourth-order valence-electron chi connectivity index (χ4n) is 8.74. The second kappa shape index (κ2) is 18.2. The van der Waals surface area contributed by atoms with Crippen LogP contribution < -0.4 is 0 Å². The second-order valence-electron chi connectivity index (χ2n) is 19.0. The molecule has 4 aromatic carbocycles. The predicted molar refractivity (Wildman–Crippen MR) is 249 cm³/mol. The van der Waals surface area contributed by atoms with Crippen LogP contribution in [-0.2, 0) is 13.6 Å². The molecule has 0 saturated carbocycles. The number of imidazole rings is 2. The van der Waals surface area contributed by atoms with E-state index in [4.69, 9.17) is 0 Å². The Morgan fingerprint density at radius 2 is 0.424 bits per heavy atom. The van der Waals surface area contributed by atoms with Crippen LogP contribution in [0.4, 0.5) is 0 Å². The molecule has 0 amide bonds. The van der Waals surface area contributed by atoms with Crippen molar-refractivity contribution in [2.75, 3.05) is 0 Å². The molecule has 6 aromatic rings. The summed E-state index contributed by atoms with van der Waals surface area (Å²) in [6, 6.07) is 27.8. The van der Waals surface area contributed by atoms with Gasteiger partial charge in [-0.05, 0) is 0 Å². The van der Waals surface area contributed by atoms with Crippen LogP contribution in [0.25, 0.3) is 22.7 Å². The first-order valence-electron chi connectivity index (χ1n) is 22.3. The van der Waals surface area contributed by atoms with E-state index < -0.39 is 0 Å². The molecular formula is C54H72N4Ni. The van der Waals surface area contributed by atoms with Crippen molar-refractivity contribution in [1.29, 1.82) is 0 Å². The fraction of sp³-hybridized carbons (Fsp3) is 0.444. The Hall–Kier alpha value is -4.21. The summed E-state index contributed by atoms with van der Waals surface area (Å²) in [5.41, 5.74) is 16.2. The van der Waals surface area contributed by atoms with Crippen LogP contribution in [0.1, 0.15) is 203 Å². The van der Waals surface area contributed by atoms with E-state index in [9.17, 15) is 0 Å². The van der Waals surface area contributed by atoms with Crippen molar-refractivity contribution in [3.8, 4) is 22.7 Å². The molecule has 0 fully saturated rings. The zero-order valence-corrected chi connectivity index (χ0v) is 39.9. The molecule has 0 N–H and O–H groups in total. The summed E-state index contributed by atoms with van der Waals surface area (Å²) in [7, 11) is 0. The van der Waals surface area contributed by atoms with Crippen LogP contribution >= 0.6 is 0 Å². The zero-order valence-electron chi connectivity index (χ0n) is 39.0. The first-order valence-corrected chi connectivity index (χ1v) is 23.3. The van der Waals surface area contributed by atoms with Gasteiger partial charge >= 0.3 is 364 Å². The van der Waals surface area contributed by atoms with E-state index in [-0.39, 0.29) is 0 Å². The van der Waals surface area contributed by atoms with E-state index in [1.165, 1.54) is 76.1 Å². The van der Waals surface area contributed by atoms with E-state index in [0.717, 1.165) is 0 Å². The summed E-state index contributed by atoms with van der Waals surface area (Å²) in [5.74, 6) is 2.78. The van der Waals surface area contributed by atoms with Gasteiger partial charge in [-0.1, -0.05) is 0 Å². The van der Waals surface area contributed by atoms with Gasteiger partial charge in [0.25, 0.3) is 0 Å². The van der Waals surface area contributed by atoms with Gasteiger partial charge < -0.3 is 0 Å². The molecule has 318 valence electrons. The number of benzene rings is 4. The monoisotopic (exact) mass is 835 g/mol. The van der Waals surface area contributed by atoms with Gasteiger partial charge in [0, 0.05) is 0 Å². The van der Waals surface area contributed by atoms with Crippen molar-refractivity contribution in [3.63, 3.8) is 0 Å². The minimum absolute atomic E-state index is 0.348. The molecule has 2 aromatic heterocycles. The van der Waals surface area contributed by atoms with E-state index in [1.54, 1.807) is 13.6 Å². The van der Waals surface area contributed by atoms with Gasteiger partial charge in [-0.15, -0.1) is 0 Å². The molecule has 5 heteroatoms. The van der Waals surface area contributed by atoms with Crippen molar-refractivity contribution in [2.24, 2.45) is 0 Å². The normalized spacial score (nSPS) is 12.4. The van der Waals surface area contributed by atoms with Crippen molar-refractivity contribution < 1.29 is 13.6 Å². The van der Waals surface area contributed by atoms with E-state index >= 15 is 0 Å². The number of nitrogens with zero attached hydrogens (tertiary/aromatic N) is 4. The third-order valence-electron chi connectivity index (χ3n) is 11.9. The molecule has 6 rings (SSSR count). The number of hydrogen-bond acceptors (Lipinski definition) is 0. The Morgan fingerprint density at radius 3 is 0.559 bits per heavy atom. The third kappa shape index (κ3) is 8.57. The molecule has 0 bridgehead atoms. The van der Waals surface area contributed by atoms with Gasteiger partial charge in [-0.3, -0.25) is 0 Å². The van der Waals surface area contributed by atoms with Crippen LogP contribution in [0.3, 0.4) is 0 Å². The van der Waals surface area contributed by atoms with E-state index in [1.807, 2.05) is 0 Å². The quantitative estimate of drug-likeness (QED) is 0.109. The Balaban J connectivity index is 2.03. The SMILES string of the molecule is CC(C)c1cccc(C(C)C)c1-n1ccn(-c2c(C(C)C)cccc2C(C)C)[c]1=[Ni]=[c]1n(-c2c(C(C)C)cccc2C(C)C)ccn1-c1c(C(C)C)cccc1C(C)C. The minimum atomic E-state index is 0.348. The maximum absolute atomic E-state index is 2.54. The Morgan fingerprint density at radius 1 is 0.271 bits per heavy atom. The van der Waals surface area contributed by atoms with Crippen molar-refractivity contribution >= 4 is 0 Å². The van der Waals surface area contributed by atoms with Gasteiger partial charge in [-0.25, -0.2) is 0 Å². The molecule has 0 saturated heterocycles. The summed E-state index contributed by atoms with van der Waals surface area (Å²) in [4.78, 5) is 0. The van der Waals surface area contributed by atoms with Gasteiger partial charge in [-0.2, -0.15) is 0 Å². The van der Waals surface area contributed by atoms with Gasteiger partial charge in [0.05, 0.1) is 0 Å². The number of para-hydroxylation sites is 4. The van der Waals surface area contributed by atoms with Gasteiger partial charge in [0.15, 0.2) is 0 Å². The Labute approximate surface area is 361 Å². The second-order valence-corrected chi connectivity index (χ2v) is 20.1. The Bertz CT molecular complexity index is 2120. The summed E-state index contributed by atoms with van der Waals surface area (Å²) < 4.78 is 12.6. The molecule has 0 unspecified atom stereocenters. The van der Waals surface area contributed by atoms with Crippen molar-refractivity contribution in [2.45, 2.75) is 158 Å². The average Bonchev–Trinajstić information content (AvgIpc) is 3.80. The molecule has 59 heavy (non-hydrogen) atoms. The van der Waals surface area contributed by atoms with Crippen molar-refractivity contribution in [1.82, 2.24) is 18.3 Å². The molecule has 0 radical (unpaired) electrons. The summed E-state index contributed by atoms with van der Waals surface area (Å²) in [6.45, 7) is 37.4. The topological polar surface area (TPSA) is 19.7 Å². The summed E-state index contributed by atoms with van der Waals surface area (Å²) in [6.07, 6.45) is 9.40. The molecule has 0 aliphatic carbocycles. The van der Waals surface area contributed by atoms with Gasteiger partial charge in [0.2, 0.25) is 0 Å². The van der Waals surface area contributed by atoms with Crippen LogP contribution in [0, 0.1) is 8.79 Å². The maximum atomic E-state index is 2.54. The average molecular weight is 836 g/mol. The summed E-state index contributed by atoms with van der Waals surface area (Å²) in [5, 5.41) is 0. The van der Waals surface area contributed by atoms with Crippen LogP contribution in [0.15, 0.2) is 97.6 Å². The Kier molecular flexibility index (Phi) is 13.7. The van der Waals surface area contributed by atoms with Crippen LogP contribution in [0.5, 0.6) is 0 Å².